The Morgan fingerprint density at radius 3 is 2.53 bits per heavy atom. The highest BCUT2D eigenvalue weighted by Crippen LogP contribution is 2.43. The Bertz CT molecular complexity index is 1500. The number of fused-ring (bicyclic) bond motifs is 1. The van der Waals surface area contributed by atoms with E-state index in [1.54, 1.807) is 19.2 Å². The van der Waals surface area contributed by atoms with Crippen LogP contribution < -0.4 is 4.74 Å². The van der Waals surface area contributed by atoms with Crippen molar-refractivity contribution in [3.05, 3.63) is 75.3 Å². The van der Waals surface area contributed by atoms with Gasteiger partial charge in [-0.3, -0.25) is 4.98 Å². The highest BCUT2D eigenvalue weighted by atomic mass is 35.5. The first-order valence-corrected chi connectivity index (χ1v) is 13.0. The molecule has 1 aliphatic rings. The molecule has 0 spiro atoms. The monoisotopic (exact) mass is 541 g/mol. The molecule has 0 amide bonds. The number of hydrogen-bond acceptors (Lipinski definition) is 6. The van der Waals surface area contributed by atoms with Crippen molar-refractivity contribution in [2.24, 2.45) is 13.0 Å². The minimum absolute atomic E-state index is 0.0576. The summed E-state index contributed by atoms with van der Waals surface area (Å²) in [6.07, 6.45) is 2.59. The number of methoxy groups -OCH3 is 1. The molecular formula is C28H30ClF2N5O2. The van der Waals surface area contributed by atoms with E-state index >= 15 is 0 Å². The van der Waals surface area contributed by atoms with Gasteiger partial charge in [0.2, 0.25) is 11.8 Å². The lowest BCUT2D eigenvalue weighted by atomic mass is 9.81. The van der Waals surface area contributed by atoms with E-state index < -0.39 is 11.5 Å². The average molecular weight is 542 g/mol. The van der Waals surface area contributed by atoms with E-state index in [-0.39, 0.29) is 18.8 Å². The molecule has 0 bridgehead atoms. The molecule has 10 heteroatoms. The predicted molar refractivity (Wildman–Crippen MR) is 141 cm³/mol. The van der Waals surface area contributed by atoms with Gasteiger partial charge in [-0.15, -0.1) is 5.10 Å². The summed E-state index contributed by atoms with van der Waals surface area (Å²) in [5.41, 5.74) is 2.76. The van der Waals surface area contributed by atoms with Crippen molar-refractivity contribution in [2.45, 2.75) is 57.5 Å². The molecular weight excluding hydrogens is 512 g/mol. The maximum atomic E-state index is 13.7. The van der Waals surface area contributed by atoms with Crippen molar-refractivity contribution < 1.29 is 18.6 Å². The van der Waals surface area contributed by atoms with Crippen molar-refractivity contribution in [3.63, 3.8) is 0 Å². The smallest absolute Gasteiger partial charge is 0.248 e. The Morgan fingerprint density at radius 1 is 1.16 bits per heavy atom. The summed E-state index contributed by atoms with van der Waals surface area (Å²) in [5.74, 6) is -2.16. The minimum atomic E-state index is -2.60. The number of halogens is 3. The molecule has 3 aromatic heterocycles. The molecule has 1 fully saturated rings. The third kappa shape index (κ3) is 4.62. The number of rotatable bonds is 6. The van der Waals surface area contributed by atoms with Gasteiger partial charge in [0.15, 0.2) is 5.60 Å². The van der Waals surface area contributed by atoms with E-state index in [4.69, 9.17) is 16.3 Å². The van der Waals surface area contributed by atoms with Crippen molar-refractivity contribution in [3.8, 4) is 5.88 Å². The first-order chi connectivity index (χ1) is 18.0. The second kappa shape index (κ2) is 9.85. The number of aryl methyl sites for hydroxylation is 3. The number of hydrogen-bond donors (Lipinski definition) is 1. The molecule has 1 aliphatic carbocycles. The molecule has 5 rings (SSSR count). The zero-order valence-electron chi connectivity index (χ0n) is 21.8. The maximum Gasteiger partial charge on any atom is 0.248 e. The van der Waals surface area contributed by atoms with Gasteiger partial charge in [0.1, 0.15) is 0 Å². The minimum Gasteiger partial charge on any atom is -0.481 e. The van der Waals surface area contributed by atoms with Gasteiger partial charge in [0.25, 0.3) is 0 Å². The van der Waals surface area contributed by atoms with Crippen LogP contribution in [0.2, 0.25) is 5.02 Å². The van der Waals surface area contributed by atoms with E-state index in [0.29, 0.717) is 69.1 Å². The van der Waals surface area contributed by atoms with E-state index in [9.17, 15) is 13.9 Å². The fourth-order valence-corrected chi connectivity index (χ4v) is 5.84. The molecule has 200 valence electrons. The molecule has 0 aliphatic heterocycles. The van der Waals surface area contributed by atoms with Gasteiger partial charge < -0.3 is 9.84 Å². The van der Waals surface area contributed by atoms with Crippen LogP contribution in [0.5, 0.6) is 5.88 Å². The molecule has 1 aromatic carbocycles. The zero-order valence-corrected chi connectivity index (χ0v) is 22.6. The summed E-state index contributed by atoms with van der Waals surface area (Å²) in [6, 6.07) is 9.10. The van der Waals surface area contributed by atoms with Crippen LogP contribution in [0.25, 0.3) is 10.9 Å². The van der Waals surface area contributed by atoms with Gasteiger partial charge in [-0.25, -0.2) is 18.4 Å². The molecule has 3 heterocycles. The maximum absolute atomic E-state index is 13.7. The van der Waals surface area contributed by atoms with Gasteiger partial charge in [-0.2, -0.15) is 0 Å². The van der Waals surface area contributed by atoms with Crippen LogP contribution in [0.4, 0.5) is 8.78 Å². The molecule has 1 unspecified atom stereocenters. The number of aromatic nitrogens is 5. The lowest BCUT2D eigenvalue weighted by molar-refractivity contribution is -0.0456. The number of pyridine rings is 2. The van der Waals surface area contributed by atoms with Gasteiger partial charge in [0.05, 0.1) is 29.5 Å². The van der Waals surface area contributed by atoms with Crippen LogP contribution in [-0.4, -0.2) is 43.1 Å². The van der Waals surface area contributed by atoms with E-state index in [1.165, 1.54) is 18.0 Å². The number of ether oxygens (including phenoxy) is 1. The third-order valence-electron chi connectivity index (χ3n) is 7.62. The zero-order chi connectivity index (χ0) is 27.2. The van der Waals surface area contributed by atoms with Crippen molar-refractivity contribution in [1.82, 2.24) is 25.0 Å². The number of nitrogens with zero attached hydrogens (tertiary/aromatic N) is 5. The van der Waals surface area contributed by atoms with E-state index in [0.717, 1.165) is 5.69 Å². The van der Waals surface area contributed by atoms with Crippen LogP contribution in [0.1, 0.15) is 59.5 Å². The first-order valence-electron chi connectivity index (χ1n) is 12.6. The third-order valence-corrected chi connectivity index (χ3v) is 8.05. The second-order valence-electron chi connectivity index (χ2n) is 10.2. The van der Waals surface area contributed by atoms with Crippen LogP contribution in [0.3, 0.4) is 0 Å². The molecule has 1 N–H and O–H groups in total. The van der Waals surface area contributed by atoms with Gasteiger partial charge in [-0.1, -0.05) is 28.9 Å². The van der Waals surface area contributed by atoms with Crippen molar-refractivity contribution in [1.29, 1.82) is 0 Å². The fraction of sp³-hybridized carbons (Fsp3) is 0.429. The van der Waals surface area contributed by atoms with Crippen LogP contribution in [0.15, 0.2) is 36.5 Å². The van der Waals surface area contributed by atoms with E-state index in [1.807, 2.05) is 32.0 Å². The normalized spacial score (nSPS) is 17.5. The number of aliphatic hydroxyl groups is 1. The topological polar surface area (TPSA) is 85.9 Å². The molecule has 0 saturated heterocycles. The Kier molecular flexibility index (Phi) is 6.86. The summed E-state index contributed by atoms with van der Waals surface area (Å²) in [5, 5.41) is 21.5. The summed E-state index contributed by atoms with van der Waals surface area (Å²) in [6.45, 7) is 3.74. The second-order valence-corrected chi connectivity index (χ2v) is 10.6. The van der Waals surface area contributed by atoms with Crippen LogP contribution in [-0.2, 0) is 19.1 Å². The Morgan fingerprint density at radius 2 is 1.89 bits per heavy atom. The number of benzene rings is 1. The first kappa shape index (κ1) is 26.4. The number of alkyl halides is 2. The van der Waals surface area contributed by atoms with Crippen LogP contribution in [0, 0.1) is 19.8 Å². The molecule has 0 radical (unpaired) electrons. The largest absolute Gasteiger partial charge is 0.481 e. The molecule has 7 nitrogen and oxygen atoms in total. The molecule has 38 heavy (non-hydrogen) atoms. The summed E-state index contributed by atoms with van der Waals surface area (Å²) in [4.78, 5) is 9.25. The van der Waals surface area contributed by atoms with Gasteiger partial charge >= 0.3 is 0 Å². The highest BCUT2D eigenvalue weighted by molar-refractivity contribution is 6.36. The average Bonchev–Trinajstić information content (AvgIpc) is 3.32. The van der Waals surface area contributed by atoms with Crippen molar-refractivity contribution >= 4 is 22.5 Å². The Hall–Kier alpha value is -3.17. The lowest BCUT2D eigenvalue weighted by Crippen LogP contribution is -2.32. The van der Waals surface area contributed by atoms with Crippen LogP contribution >= 0.6 is 11.6 Å². The summed E-state index contributed by atoms with van der Waals surface area (Å²) in [7, 11) is 3.25. The Labute approximate surface area is 224 Å². The summed E-state index contributed by atoms with van der Waals surface area (Å²) >= 11 is 6.99. The molecule has 4 aromatic rings. The van der Waals surface area contributed by atoms with Gasteiger partial charge in [-0.05, 0) is 62.8 Å². The quantitative estimate of drug-likeness (QED) is 0.337. The predicted octanol–water partition coefficient (Wildman–Crippen LogP) is 5.69. The van der Waals surface area contributed by atoms with Gasteiger partial charge in [0, 0.05) is 47.8 Å². The van der Waals surface area contributed by atoms with E-state index in [2.05, 4.69) is 20.3 Å². The Balaban J connectivity index is 1.65. The summed E-state index contributed by atoms with van der Waals surface area (Å²) < 4.78 is 34.6. The SMILES string of the molecule is COc1nc2ccc(C(O)(c3ccc(C)nc3C)c3cnnn3C)cc2c(Cl)c1CC1CCC(F)(F)CC1. The highest BCUT2D eigenvalue weighted by Gasteiger charge is 2.40. The van der Waals surface area contributed by atoms with Crippen molar-refractivity contribution in [2.75, 3.05) is 7.11 Å². The lowest BCUT2D eigenvalue weighted by Gasteiger charge is -2.31. The molecule has 1 atom stereocenters. The standard InChI is InChI=1S/C28H30ClF2N5O2/c1-16-5-7-22(17(2)33-16)28(37,24-15-32-35-36(24)3)19-6-8-23-20(14-19)25(29)21(26(34-23)38-4)13-18-9-11-27(30,31)12-10-18/h5-8,14-15,18,37H,9-13H2,1-4H3. The fourth-order valence-electron chi connectivity index (χ4n) is 5.53. The molecule has 1 saturated carbocycles.